The summed E-state index contributed by atoms with van der Waals surface area (Å²) in [4.78, 5) is 5.67. The van der Waals surface area contributed by atoms with Gasteiger partial charge in [-0.2, -0.15) is 4.39 Å². The van der Waals surface area contributed by atoms with Gasteiger partial charge < -0.3 is 4.90 Å². The minimum absolute atomic E-state index is 0.333. The maximum absolute atomic E-state index is 12.7. The predicted molar refractivity (Wildman–Crippen MR) is 47.7 cm³/mol. The lowest BCUT2D eigenvalue weighted by Gasteiger charge is -2.22. The molecule has 66 valence electrons. The van der Waals surface area contributed by atoms with E-state index in [1.54, 1.807) is 12.1 Å². The van der Waals surface area contributed by atoms with E-state index < -0.39 is 5.95 Å². The van der Waals surface area contributed by atoms with Gasteiger partial charge in [0.25, 0.3) is 0 Å². The highest BCUT2D eigenvalue weighted by Crippen LogP contribution is 2.11. The average molecular weight is 168 g/mol. The van der Waals surface area contributed by atoms with E-state index in [1.807, 2.05) is 25.8 Å². The first-order valence-corrected chi connectivity index (χ1v) is 3.96. The zero-order valence-electron chi connectivity index (χ0n) is 7.58. The van der Waals surface area contributed by atoms with E-state index in [0.29, 0.717) is 11.9 Å². The molecule has 3 heteroatoms. The molecule has 1 aromatic rings. The molecule has 0 saturated heterocycles. The standard InChI is InChI=1S/C9H13FN2/c1-7(2)12(3)9-6-4-5-8(10)11-9/h4-7H,1-3H3. The Labute approximate surface area is 72.0 Å². The summed E-state index contributed by atoms with van der Waals surface area (Å²) >= 11 is 0. The minimum Gasteiger partial charge on any atom is -0.357 e. The molecule has 0 aliphatic rings. The largest absolute Gasteiger partial charge is 0.357 e. The number of hydrogen-bond acceptors (Lipinski definition) is 2. The first-order chi connectivity index (χ1) is 5.61. The zero-order valence-corrected chi connectivity index (χ0v) is 7.58. The summed E-state index contributed by atoms with van der Waals surface area (Å²) in [5.41, 5.74) is 0. The van der Waals surface area contributed by atoms with Gasteiger partial charge in [0, 0.05) is 13.1 Å². The van der Waals surface area contributed by atoms with Crippen molar-refractivity contribution in [1.82, 2.24) is 4.98 Å². The molecule has 0 unspecified atom stereocenters. The van der Waals surface area contributed by atoms with Gasteiger partial charge in [-0.3, -0.25) is 0 Å². The van der Waals surface area contributed by atoms with Crippen LogP contribution in [-0.2, 0) is 0 Å². The Morgan fingerprint density at radius 1 is 1.42 bits per heavy atom. The number of hydrogen-bond donors (Lipinski definition) is 0. The summed E-state index contributed by atoms with van der Waals surface area (Å²) in [6.45, 7) is 4.07. The predicted octanol–water partition coefficient (Wildman–Crippen LogP) is 2.07. The molecule has 0 fully saturated rings. The fourth-order valence-corrected chi connectivity index (χ4v) is 0.859. The molecule has 1 aromatic heterocycles. The quantitative estimate of drug-likeness (QED) is 0.628. The van der Waals surface area contributed by atoms with E-state index >= 15 is 0 Å². The van der Waals surface area contributed by atoms with Crippen molar-refractivity contribution in [3.8, 4) is 0 Å². The van der Waals surface area contributed by atoms with Crippen LogP contribution >= 0.6 is 0 Å². The van der Waals surface area contributed by atoms with Gasteiger partial charge in [-0.05, 0) is 26.0 Å². The third kappa shape index (κ3) is 1.94. The number of rotatable bonds is 2. The van der Waals surface area contributed by atoms with Crippen LogP contribution in [0.4, 0.5) is 10.2 Å². The summed E-state index contributed by atoms with van der Waals surface area (Å²) in [6.07, 6.45) is 0. The zero-order chi connectivity index (χ0) is 9.14. The number of pyridine rings is 1. The third-order valence-electron chi connectivity index (χ3n) is 1.84. The molecule has 0 bridgehead atoms. The summed E-state index contributed by atoms with van der Waals surface area (Å²) < 4.78 is 12.7. The van der Waals surface area contributed by atoms with Crippen LogP contribution in [0.5, 0.6) is 0 Å². The molecule has 0 spiro atoms. The van der Waals surface area contributed by atoms with Crippen molar-refractivity contribution in [3.05, 3.63) is 24.1 Å². The fraction of sp³-hybridized carbons (Fsp3) is 0.444. The fourth-order valence-electron chi connectivity index (χ4n) is 0.859. The van der Waals surface area contributed by atoms with Gasteiger partial charge in [-0.15, -0.1) is 0 Å². The molecule has 12 heavy (non-hydrogen) atoms. The molecule has 0 aliphatic heterocycles. The topological polar surface area (TPSA) is 16.1 Å². The minimum atomic E-state index is -0.431. The highest BCUT2D eigenvalue weighted by atomic mass is 19.1. The van der Waals surface area contributed by atoms with Crippen molar-refractivity contribution < 1.29 is 4.39 Å². The number of nitrogens with zero attached hydrogens (tertiary/aromatic N) is 2. The first-order valence-electron chi connectivity index (χ1n) is 3.96. The smallest absolute Gasteiger partial charge is 0.214 e. The second kappa shape index (κ2) is 3.52. The lowest BCUT2D eigenvalue weighted by Crippen LogP contribution is -2.26. The lowest BCUT2D eigenvalue weighted by atomic mass is 10.3. The summed E-state index contributed by atoms with van der Waals surface area (Å²) in [5.74, 6) is 0.241. The van der Waals surface area contributed by atoms with E-state index in [4.69, 9.17) is 0 Å². The Kier molecular flexibility index (Phi) is 2.63. The van der Waals surface area contributed by atoms with Crippen molar-refractivity contribution in [2.24, 2.45) is 0 Å². The van der Waals surface area contributed by atoms with Crippen molar-refractivity contribution in [3.63, 3.8) is 0 Å². The Morgan fingerprint density at radius 3 is 2.58 bits per heavy atom. The van der Waals surface area contributed by atoms with Crippen LogP contribution in [-0.4, -0.2) is 18.1 Å². The Balaban J connectivity index is 2.88. The van der Waals surface area contributed by atoms with E-state index in [1.165, 1.54) is 6.07 Å². The molecule has 1 heterocycles. The van der Waals surface area contributed by atoms with E-state index in [9.17, 15) is 4.39 Å². The van der Waals surface area contributed by atoms with Crippen LogP contribution in [0.2, 0.25) is 0 Å². The monoisotopic (exact) mass is 168 g/mol. The van der Waals surface area contributed by atoms with E-state index in [-0.39, 0.29) is 0 Å². The van der Waals surface area contributed by atoms with Crippen LogP contribution in [0.15, 0.2) is 18.2 Å². The lowest BCUT2D eigenvalue weighted by molar-refractivity contribution is 0.579. The van der Waals surface area contributed by atoms with Gasteiger partial charge in [-0.25, -0.2) is 4.98 Å². The Hall–Kier alpha value is -1.12. The van der Waals surface area contributed by atoms with Crippen LogP contribution in [0, 0.1) is 5.95 Å². The SMILES string of the molecule is CC(C)N(C)c1cccc(F)n1. The molecule has 1 rings (SSSR count). The summed E-state index contributed by atoms with van der Waals surface area (Å²) in [6, 6.07) is 5.14. The summed E-state index contributed by atoms with van der Waals surface area (Å²) in [7, 11) is 1.90. The first kappa shape index (κ1) is 8.97. The highest BCUT2D eigenvalue weighted by Gasteiger charge is 2.05. The molecular weight excluding hydrogens is 155 g/mol. The second-order valence-corrected chi connectivity index (χ2v) is 3.02. The number of anilines is 1. The van der Waals surface area contributed by atoms with Gasteiger partial charge in [0.05, 0.1) is 0 Å². The van der Waals surface area contributed by atoms with Crippen LogP contribution in [0.3, 0.4) is 0 Å². The van der Waals surface area contributed by atoms with Crippen molar-refractivity contribution >= 4 is 5.82 Å². The molecule has 2 nitrogen and oxygen atoms in total. The van der Waals surface area contributed by atoms with Gasteiger partial charge >= 0.3 is 0 Å². The van der Waals surface area contributed by atoms with Gasteiger partial charge in [0.15, 0.2) is 0 Å². The molecule has 0 saturated carbocycles. The number of halogens is 1. The average Bonchev–Trinajstić information content (AvgIpc) is 2.03. The summed E-state index contributed by atoms with van der Waals surface area (Å²) in [5, 5.41) is 0. The molecule has 0 aromatic carbocycles. The molecular formula is C9H13FN2. The van der Waals surface area contributed by atoms with Crippen LogP contribution in [0.1, 0.15) is 13.8 Å². The van der Waals surface area contributed by atoms with Gasteiger partial charge in [-0.1, -0.05) is 6.07 Å². The van der Waals surface area contributed by atoms with Gasteiger partial charge in [0.2, 0.25) is 5.95 Å². The number of aromatic nitrogens is 1. The Morgan fingerprint density at radius 2 is 2.08 bits per heavy atom. The molecule has 0 atom stereocenters. The molecule has 0 amide bonds. The van der Waals surface area contributed by atoms with Crippen LogP contribution in [0.25, 0.3) is 0 Å². The maximum Gasteiger partial charge on any atom is 0.214 e. The maximum atomic E-state index is 12.7. The second-order valence-electron chi connectivity index (χ2n) is 3.02. The van der Waals surface area contributed by atoms with Crippen LogP contribution < -0.4 is 4.90 Å². The molecule has 0 aliphatic carbocycles. The van der Waals surface area contributed by atoms with Crippen molar-refractivity contribution in [2.45, 2.75) is 19.9 Å². The molecule has 0 N–H and O–H groups in total. The molecule has 0 radical (unpaired) electrons. The highest BCUT2D eigenvalue weighted by molar-refractivity contribution is 5.37. The normalized spacial score (nSPS) is 10.4. The van der Waals surface area contributed by atoms with Crippen molar-refractivity contribution in [1.29, 1.82) is 0 Å². The Bertz CT molecular complexity index is 260. The van der Waals surface area contributed by atoms with Crippen molar-refractivity contribution in [2.75, 3.05) is 11.9 Å². The van der Waals surface area contributed by atoms with E-state index in [0.717, 1.165) is 0 Å². The third-order valence-corrected chi connectivity index (χ3v) is 1.84. The van der Waals surface area contributed by atoms with Gasteiger partial charge in [0.1, 0.15) is 5.82 Å². The van der Waals surface area contributed by atoms with E-state index in [2.05, 4.69) is 4.98 Å².